The zero-order valence-corrected chi connectivity index (χ0v) is 17.2. The first kappa shape index (κ1) is 23.2. The predicted octanol–water partition coefficient (Wildman–Crippen LogP) is 2.13. The molecule has 0 spiro atoms. The van der Waals surface area contributed by atoms with Crippen LogP contribution in [0.2, 0.25) is 0 Å². The average molecular weight is 382 g/mol. The number of aliphatic imine (C=N–C) groups is 1. The first-order valence-corrected chi connectivity index (χ1v) is 9.43. The van der Waals surface area contributed by atoms with Crippen LogP contribution in [0.25, 0.3) is 0 Å². The maximum atomic E-state index is 5.83. The number of nitrogens with one attached hydrogen (secondary N) is 2. The number of hydrogen-bond donors (Lipinski definition) is 2. The number of benzene rings is 1. The van der Waals surface area contributed by atoms with Gasteiger partial charge in [0.25, 0.3) is 0 Å². The average Bonchev–Trinajstić information content (AvgIpc) is 2.67. The van der Waals surface area contributed by atoms with E-state index in [1.165, 1.54) is 5.56 Å². The third-order valence-corrected chi connectivity index (χ3v) is 3.88. The first-order valence-electron chi connectivity index (χ1n) is 9.43. The van der Waals surface area contributed by atoms with E-state index in [0.29, 0.717) is 33.0 Å². The smallest absolute Gasteiger partial charge is 0.191 e. The van der Waals surface area contributed by atoms with E-state index in [0.717, 1.165) is 43.3 Å². The number of methoxy groups -OCH3 is 2. The minimum Gasteiger partial charge on any atom is -0.491 e. The highest BCUT2D eigenvalue weighted by atomic mass is 16.5. The molecule has 1 rings (SSSR count). The van der Waals surface area contributed by atoms with Crippen LogP contribution >= 0.6 is 0 Å². The van der Waals surface area contributed by atoms with Gasteiger partial charge < -0.3 is 29.6 Å². The maximum absolute atomic E-state index is 5.83. The summed E-state index contributed by atoms with van der Waals surface area (Å²) < 4.78 is 21.3. The molecule has 0 fully saturated rings. The van der Waals surface area contributed by atoms with Gasteiger partial charge >= 0.3 is 0 Å². The zero-order chi connectivity index (χ0) is 19.7. The van der Waals surface area contributed by atoms with Gasteiger partial charge in [-0.05, 0) is 31.4 Å². The second-order valence-electron chi connectivity index (χ2n) is 6.12. The van der Waals surface area contributed by atoms with E-state index in [2.05, 4.69) is 34.7 Å². The van der Waals surface area contributed by atoms with Crippen molar-refractivity contribution in [2.75, 3.05) is 60.8 Å². The number of rotatable bonds is 14. The van der Waals surface area contributed by atoms with Gasteiger partial charge in [-0.15, -0.1) is 0 Å². The highest BCUT2D eigenvalue weighted by Crippen LogP contribution is 2.20. The van der Waals surface area contributed by atoms with Crippen LogP contribution in [0.4, 0.5) is 0 Å². The van der Waals surface area contributed by atoms with Crippen molar-refractivity contribution in [2.24, 2.45) is 4.99 Å². The van der Waals surface area contributed by atoms with Crippen molar-refractivity contribution in [2.45, 2.75) is 26.3 Å². The van der Waals surface area contributed by atoms with E-state index in [-0.39, 0.29) is 0 Å². The second kappa shape index (κ2) is 15.2. The van der Waals surface area contributed by atoms with Gasteiger partial charge in [0.1, 0.15) is 12.4 Å². The van der Waals surface area contributed by atoms with Gasteiger partial charge in [0.05, 0.1) is 19.8 Å². The molecular weight excluding hydrogens is 346 g/mol. The van der Waals surface area contributed by atoms with Gasteiger partial charge in [0, 0.05) is 46.5 Å². The molecule has 0 aliphatic carbocycles. The lowest BCUT2D eigenvalue weighted by Crippen LogP contribution is -2.37. The molecule has 7 heteroatoms. The molecule has 0 amide bonds. The van der Waals surface area contributed by atoms with Gasteiger partial charge in [-0.25, -0.2) is 0 Å². The molecule has 0 aliphatic rings. The van der Waals surface area contributed by atoms with Crippen LogP contribution in [-0.2, 0) is 20.8 Å². The minimum absolute atomic E-state index is 0.534. The summed E-state index contributed by atoms with van der Waals surface area (Å²) in [6.45, 7) is 6.69. The van der Waals surface area contributed by atoms with Crippen molar-refractivity contribution < 1.29 is 18.9 Å². The number of guanidine groups is 1. The minimum atomic E-state index is 0.534. The highest BCUT2D eigenvalue weighted by Gasteiger charge is 2.06. The van der Waals surface area contributed by atoms with Crippen molar-refractivity contribution in [3.63, 3.8) is 0 Å². The fourth-order valence-electron chi connectivity index (χ4n) is 2.36. The van der Waals surface area contributed by atoms with Gasteiger partial charge in [-0.3, -0.25) is 4.99 Å². The largest absolute Gasteiger partial charge is 0.491 e. The Morgan fingerprint density at radius 2 is 1.74 bits per heavy atom. The Labute approximate surface area is 163 Å². The molecule has 0 radical (unpaired) electrons. The number of ether oxygens (including phenoxy) is 4. The summed E-state index contributed by atoms with van der Waals surface area (Å²) in [6, 6.07) is 6.21. The van der Waals surface area contributed by atoms with Gasteiger partial charge in [0.15, 0.2) is 5.96 Å². The fourth-order valence-corrected chi connectivity index (χ4v) is 2.36. The first-order chi connectivity index (χ1) is 13.2. The number of hydrogen-bond acceptors (Lipinski definition) is 5. The Bertz CT molecular complexity index is 538. The Balaban J connectivity index is 2.33. The predicted molar refractivity (Wildman–Crippen MR) is 109 cm³/mol. The van der Waals surface area contributed by atoms with E-state index in [1.54, 1.807) is 21.3 Å². The standard InChI is InChI=1S/C20H35N3O4/c1-17-7-8-18(19(15-17)27-14-12-25-4)16-23-20(21-2)22-9-5-6-10-26-13-11-24-3/h7-8,15H,5-6,9-14,16H2,1-4H3,(H2,21,22,23). The number of aryl methyl sites for hydroxylation is 1. The summed E-state index contributed by atoms with van der Waals surface area (Å²) in [4.78, 5) is 4.27. The van der Waals surface area contributed by atoms with E-state index in [1.807, 2.05) is 6.07 Å². The quantitative estimate of drug-likeness (QED) is 0.292. The normalized spacial score (nSPS) is 11.5. The molecule has 7 nitrogen and oxygen atoms in total. The van der Waals surface area contributed by atoms with Crippen LogP contribution in [0.15, 0.2) is 23.2 Å². The summed E-state index contributed by atoms with van der Waals surface area (Å²) in [5.74, 6) is 1.65. The molecule has 0 aromatic heterocycles. The van der Waals surface area contributed by atoms with Crippen molar-refractivity contribution in [3.05, 3.63) is 29.3 Å². The van der Waals surface area contributed by atoms with Crippen LogP contribution in [0.5, 0.6) is 5.75 Å². The molecule has 0 heterocycles. The molecule has 2 N–H and O–H groups in total. The molecule has 0 bridgehead atoms. The lowest BCUT2D eigenvalue weighted by molar-refractivity contribution is 0.0689. The topological polar surface area (TPSA) is 73.3 Å². The van der Waals surface area contributed by atoms with Gasteiger partial charge in [-0.1, -0.05) is 12.1 Å². The summed E-state index contributed by atoms with van der Waals surface area (Å²) >= 11 is 0. The molecule has 0 unspecified atom stereocenters. The Morgan fingerprint density at radius 3 is 2.48 bits per heavy atom. The Morgan fingerprint density at radius 1 is 0.963 bits per heavy atom. The lowest BCUT2D eigenvalue weighted by Gasteiger charge is -2.15. The molecule has 1 aromatic rings. The van der Waals surface area contributed by atoms with Crippen LogP contribution in [0.1, 0.15) is 24.0 Å². The maximum Gasteiger partial charge on any atom is 0.191 e. The molecule has 154 valence electrons. The van der Waals surface area contributed by atoms with Crippen LogP contribution in [0.3, 0.4) is 0 Å². The van der Waals surface area contributed by atoms with Crippen molar-refractivity contribution in [1.82, 2.24) is 10.6 Å². The Kier molecular flexibility index (Phi) is 13.1. The molecule has 27 heavy (non-hydrogen) atoms. The van der Waals surface area contributed by atoms with Crippen LogP contribution in [0, 0.1) is 6.92 Å². The zero-order valence-electron chi connectivity index (χ0n) is 17.2. The summed E-state index contributed by atoms with van der Waals surface area (Å²) in [5.41, 5.74) is 2.26. The molecular formula is C20H35N3O4. The highest BCUT2D eigenvalue weighted by molar-refractivity contribution is 5.79. The number of unbranched alkanes of at least 4 members (excludes halogenated alkanes) is 1. The summed E-state index contributed by atoms with van der Waals surface area (Å²) in [7, 11) is 5.12. The molecule has 0 atom stereocenters. The SMILES string of the molecule is CN=C(NCCCCOCCOC)NCc1ccc(C)cc1OCCOC. The van der Waals surface area contributed by atoms with E-state index in [9.17, 15) is 0 Å². The van der Waals surface area contributed by atoms with E-state index < -0.39 is 0 Å². The van der Waals surface area contributed by atoms with Crippen molar-refractivity contribution >= 4 is 5.96 Å². The third kappa shape index (κ3) is 10.8. The van der Waals surface area contributed by atoms with Crippen LogP contribution in [-0.4, -0.2) is 66.8 Å². The van der Waals surface area contributed by atoms with Gasteiger partial charge in [0.2, 0.25) is 0 Å². The summed E-state index contributed by atoms with van der Waals surface area (Å²) in [6.07, 6.45) is 2.02. The van der Waals surface area contributed by atoms with E-state index in [4.69, 9.17) is 18.9 Å². The number of nitrogens with zero attached hydrogens (tertiary/aromatic N) is 1. The molecule has 0 aliphatic heterocycles. The Hall–Kier alpha value is -1.83. The monoisotopic (exact) mass is 381 g/mol. The second-order valence-corrected chi connectivity index (χ2v) is 6.12. The molecule has 0 saturated carbocycles. The fraction of sp³-hybridized carbons (Fsp3) is 0.650. The van der Waals surface area contributed by atoms with E-state index >= 15 is 0 Å². The molecule has 0 saturated heterocycles. The van der Waals surface area contributed by atoms with Gasteiger partial charge in [-0.2, -0.15) is 0 Å². The summed E-state index contributed by atoms with van der Waals surface area (Å²) in [5, 5.41) is 6.66. The third-order valence-electron chi connectivity index (χ3n) is 3.88. The molecule has 1 aromatic carbocycles. The van der Waals surface area contributed by atoms with Crippen LogP contribution < -0.4 is 15.4 Å². The lowest BCUT2D eigenvalue weighted by atomic mass is 10.1. The van der Waals surface area contributed by atoms with Crippen molar-refractivity contribution in [3.8, 4) is 5.75 Å². The van der Waals surface area contributed by atoms with Crippen molar-refractivity contribution in [1.29, 1.82) is 0 Å².